The molecule has 6 heteroatoms. The molecule has 1 N–H and O–H groups in total. The number of carbonyl (C=O) groups excluding carboxylic acids is 1. The van der Waals surface area contributed by atoms with Crippen molar-refractivity contribution in [2.75, 3.05) is 19.6 Å². The zero-order valence-electron chi connectivity index (χ0n) is 15.9. The summed E-state index contributed by atoms with van der Waals surface area (Å²) < 4.78 is 0. The van der Waals surface area contributed by atoms with E-state index in [1.165, 1.54) is 19.4 Å². The van der Waals surface area contributed by atoms with Gasteiger partial charge in [-0.05, 0) is 63.2 Å². The van der Waals surface area contributed by atoms with Crippen LogP contribution in [0.1, 0.15) is 59.0 Å². The summed E-state index contributed by atoms with van der Waals surface area (Å²) in [4.78, 5) is 28.4. The first-order chi connectivity index (χ1) is 13.2. The van der Waals surface area contributed by atoms with Gasteiger partial charge in [-0.2, -0.15) is 0 Å². The fraction of sp³-hybridized carbons (Fsp3) is 0.524. The number of piperidine rings is 1. The van der Waals surface area contributed by atoms with E-state index in [0.29, 0.717) is 18.0 Å². The van der Waals surface area contributed by atoms with E-state index in [1.54, 1.807) is 18.6 Å². The van der Waals surface area contributed by atoms with Gasteiger partial charge < -0.3 is 10.2 Å². The highest BCUT2D eigenvalue weighted by atomic mass is 16.1. The average molecular weight is 365 g/mol. The Hall–Kier alpha value is -2.34. The number of likely N-dealkylation sites (tertiary alicyclic amines) is 1. The van der Waals surface area contributed by atoms with Crippen molar-refractivity contribution in [1.29, 1.82) is 0 Å². The van der Waals surface area contributed by atoms with Crippen LogP contribution >= 0.6 is 0 Å². The minimum absolute atomic E-state index is 0.103. The van der Waals surface area contributed by atoms with E-state index in [1.807, 2.05) is 19.1 Å². The Morgan fingerprint density at radius 1 is 1.22 bits per heavy atom. The second-order valence-electron chi connectivity index (χ2n) is 7.78. The van der Waals surface area contributed by atoms with E-state index >= 15 is 0 Å². The molecule has 4 rings (SSSR count). The lowest BCUT2D eigenvalue weighted by Crippen LogP contribution is -2.35. The Balaban J connectivity index is 1.43. The molecule has 0 unspecified atom stereocenters. The van der Waals surface area contributed by atoms with Gasteiger partial charge in [-0.1, -0.05) is 6.07 Å². The molecular weight excluding hydrogens is 338 g/mol. The average Bonchev–Trinajstić information content (AvgIpc) is 3.51. The Kier molecular flexibility index (Phi) is 5.43. The normalized spacial score (nSPS) is 18.4. The van der Waals surface area contributed by atoms with Crippen molar-refractivity contribution >= 4 is 5.91 Å². The van der Waals surface area contributed by atoms with E-state index in [-0.39, 0.29) is 5.91 Å². The Morgan fingerprint density at radius 3 is 2.74 bits per heavy atom. The molecule has 1 saturated heterocycles. The van der Waals surface area contributed by atoms with E-state index in [9.17, 15) is 4.79 Å². The van der Waals surface area contributed by atoms with Gasteiger partial charge in [0.05, 0.1) is 11.3 Å². The third-order valence-electron chi connectivity index (χ3n) is 5.55. The molecule has 1 amide bonds. The minimum atomic E-state index is -0.103. The highest BCUT2D eigenvalue weighted by Crippen LogP contribution is 2.33. The van der Waals surface area contributed by atoms with Crippen LogP contribution in [-0.2, 0) is 6.54 Å². The van der Waals surface area contributed by atoms with Crippen molar-refractivity contribution in [2.45, 2.75) is 45.1 Å². The molecule has 0 bridgehead atoms. The molecule has 0 aromatic carbocycles. The molecule has 27 heavy (non-hydrogen) atoms. The molecule has 1 aliphatic heterocycles. The first-order valence-corrected chi connectivity index (χ1v) is 9.92. The largest absolute Gasteiger partial charge is 0.348 e. The van der Waals surface area contributed by atoms with Crippen LogP contribution in [0, 0.1) is 12.8 Å². The van der Waals surface area contributed by atoms with Crippen LogP contribution < -0.4 is 5.32 Å². The highest BCUT2D eigenvalue weighted by Gasteiger charge is 2.29. The van der Waals surface area contributed by atoms with Crippen molar-refractivity contribution in [1.82, 2.24) is 25.2 Å². The van der Waals surface area contributed by atoms with Gasteiger partial charge in [0, 0.05) is 37.6 Å². The van der Waals surface area contributed by atoms with E-state index in [2.05, 4.69) is 25.2 Å². The number of nitrogens with one attached hydrogen (secondary N) is 1. The van der Waals surface area contributed by atoms with Crippen molar-refractivity contribution in [3.05, 3.63) is 53.4 Å². The summed E-state index contributed by atoms with van der Waals surface area (Å²) >= 11 is 0. The molecule has 6 nitrogen and oxygen atoms in total. The van der Waals surface area contributed by atoms with Gasteiger partial charge in [0.2, 0.25) is 0 Å². The third-order valence-corrected chi connectivity index (χ3v) is 5.55. The Morgan fingerprint density at radius 2 is 2.04 bits per heavy atom. The lowest BCUT2D eigenvalue weighted by atomic mass is 9.90. The molecule has 1 aliphatic carbocycles. The van der Waals surface area contributed by atoms with Crippen molar-refractivity contribution < 1.29 is 4.79 Å². The maximum absolute atomic E-state index is 12.8. The van der Waals surface area contributed by atoms with Crippen LogP contribution in [0.25, 0.3) is 0 Å². The molecule has 2 aliphatic rings. The van der Waals surface area contributed by atoms with Crippen LogP contribution in [0.4, 0.5) is 0 Å². The summed E-state index contributed by atoms with van der Waals surface area (Å²) in [5.74, 6) is 1.89. The minimum Gasteiger partial charge on any atom is -0.348 e. The monoisotopic (exact) mass is 365 g/mol. The summed E-state index contributed by atoms with van der Waals surface area (Å²) in [6, 6.07) is 3.83. The van der Waals surface area contributed by atoms with Crippen LogP contribution in [0.2, 0.25) is 0 Å². The lowest BCUT2D eigenvalue weighted by molar-refractivity contribution is 0.0947. The second kappa shape index (κ2) is 8.13. The zero-order chi connectivity index (χ0) is 18.6. The van der Waals surface area contributed by atoms with Gasteiger partial charge in [0.25, 0.3) is 5.91 Å². The molecule has 3 heterocycles. The van der Waals surface area contributed by atoms with Gasteiger partial charge in [-0.25, -0.2) is 9.97 Å². The topological polar surface area (TPSA) is 71.0 Å². The number of pyridine rings is 1. The Bertz CT molecular complexity index is 782. The fourth-order valence-corrected chi connectivity index (χ4v) is 3.81. The molecule has 142 valence electrons. The van der Waals surface area contributed by atoms with E-state index < -0.39 is 0 Å². The number of hydrogen-bond acceptors (Lipinski definition) is 5. The molecule has 2 fully saturated rings. The van der Waals surface area contributed by atoms with Crippen molar-refractivity contribution in [2.24, 2.45) is 5.92 Å². The summed E-state index contributed by atoms with van der Waals surface area (Å²) in [7, 11) is 0. The number of aryl methyl sites for hydroxylation is 1. The molecule has 0 radical (unpaired) electrons. The number of nitrogens with zero attached hydrogens (tertiary/aromatic N) is 4. The van der Waals surface area contributed by atoms with Gasteiger partial charge in [-0.15, -0.1) is 0 Å². The van der Waals surface area contributed by atoms with E-state index in [0.717, 1.165) is 48.9 Å². The van der Waals surface area contributed by atoms with Crippen LogP contribution in [0.5, 0.6) is 0 Å². The summed E-state index contributed by atoms with van der Waals surface area (Å²) in [6.07, 6.45) is 10.1. The first kappa shape index (κ1) is 18.0. The van der Waals surface area contributed by atoms with Gasteiger partial charge in [0.1, 0.15) is 5.82 Å². The smallest absolute Gasteiger partial charge is 0.254 e. The maximum atomic E-state index is 12.8. The van der Waals surface area contributed by atoms with Crippen LogP contribution in [0.15, 0.2) is 30.7 Å². The molecule has 1 saturated carbocycles. The van der Waals surface area contributed by atoms with Crippen LogP contribution in [0.3, 0.4) is 0 Å². The van der Waals surface area contributed by atoms with E-state index in [4.69, 9.17) is 0 Å². The number of aromatic nitrogens is 3. The summed E-state index contributed by atoms with van der Waals surface area (Å²) in [6.45, 7) is 5.79. The summed E-state index contributed by atoms with van der Waals surface area (Å²) in [5.41, 5.74) is 2.51. The number of amides is 1. The molecule has 0 spiro atoms. The number of carbonyl (C=O) groups is 1. The lowest BCUT2D eigenvalue weighted by Gasteiger charge is -2.32. The third kappa shape index (κ3) is 4.69. The fourth-order valence-electron chi connectivity index (χ4n) is 3.81. The first-order valence-electron chi connectivity index (χ1n) is 9.92. The molecule has 2 aromatic rings. The molecular formula is C21H27N5O. The molecule has 0 atom stereocenters. The predicted octanol–water partition coefficient (Wildman–Crippen LogP) is 2.70. The SMILES string of the molecule is Cc1ncc(C(=O)NCc2cccnc2)c(C2CCN(CC3CC3)CC2)n1. The van der Waals surface area contributed by atoms with Crippen molar-refractivity contribution in [3.63, 3.8) is 0 Å². The van der Waals surface area contributed by atoms with Gasteiger partial charge in [0.15, 0.2) is 0 Å². The second-order valence-corrected chi connectivity index (χ2v) is 7.78. The zero-order valence-corrected chi connectivity index (χ0v) is 15.9. The van der Waals surface area contributed by atoms with Gasteiger partial charge in [-0.3, -0.25) is 9.78 Å². The Labute approximate surface area is 160 Å². The predicted molar refractivity (Wildman–Crippen MR) is 103 cm³/mol. The standard InChI is InChI=1S/C21H27N5O/c1-15-23-13-19(21(27)24-12-17-3-2-8-22-11-17)20(25-15)18-6-9-26(10-7-18)14-16-4-5-16/h2-3,8,11,13,16,18H,4-7,9-10,12,14H2,1H3,(H,24,27). The maximum Gasteiger partial charge on any atom is 0.254 e. The number of rotatable bonds is 6. The number of hydrogen-bond donors (Lipinski definition) is 1. The summed E-state index contributed by atoms with van der Waals surface area (Å²) in [5, 5.41) is 2.99. The highest BCUT2D eigenvalue weighted by molar-refractivity contribution is 5.95. The van der Waals surface area contributed by atoms with Crippen LogP contribution in [-0.4, -0.2) is 45.4 Å². The quantitative estimate of drug-likeness (QED) is 0.852. The molecule has 2 aromatic heterocycles. The van der Waals surface area contributed by atoms with Crippen molar-refractivity contribution in [3.8, 4) is 0 Å². The van der Waals surface area contributed by atoms with Gasteiger partial charge >= 0.3 is 0 Å².